The zero-order chi connectivity index (χ0) is 18.5. The predicted molar refractivity (Wildman–Crippen MR) is 99.1 cm³/mol. The van der Waals surface area contributed by atoms with Crippen molar-refractivity contribution in [2.75, 3.05) is 5.32 Å². The van der Waals surface area contributed by atoms with Gasteiger partial charge in [0, 0.05) is 23.9 Å². The molecule has 0 saturated carbocycles. The summed E-state index contributed by atoms with van der Waals surface area (Å²) in [6.45, 7) is 1.60. The van der Waals surface area contributed by atoms with Crippen molar-refractivity contribution in [3.8, 4) is 5.69 Å². The molecular formula is C19H16N4O3. The van der Waals surface area contributed by atoms with Gasteiger partial charge in [-0.2, -0.15) is 5.10 Å². The molecule has 0 bridgehead atoms. The maximum absolute atomic E-state index is 12.1. The van der Waals surface area contributed by atoms with Gasteiger partial charge in [-0.15, -0.1) is 0 Å². The summed E-state index contributed by atoms with van der Waals surface area (Å²) in [5.74, 6) is -0.374. The van der Waals surface area contributed by atoms with E-state index in [1.165, 1.54) is 18.2 Å². The molecule has 0 aliphatic carbocycles. The number of nitro groups is 1. The Morgan fingerprint density at radius 2 is 1.96 bits per heavy atom. The first-order valence-corrected chi connectivity index (χ1v) is 7.88. The molecule has 1 N–H and O–H groups in total. The molecule has 0 saturated heterocycles. The first-order chi connectivity index (χ1) is 12.5. The molecule has 0 aliphatic rings. The van der Waals surface area contributed by atoms with E-state index in [-0.39, 0.29) is 11.6 Å². The monoisotopic (exact) mass is 348 g/mol. The molecule has 0 fully saturated rings. The van der Waals surface area contributed by atoms with E-state index in [2.05, 4.69) is 10.4 Å². The first kappa shape index (κ1) is 17.1. The lowest BCUT2D eigenvalue weighted by Gasteiger charge is -2.06. The molecule has 3 rings (SSSR count). The van der Waals surface area contributed by atoms with E-state index in [0.717, 1.165) is 11.3 Å². The number of rotatable bonds is 5. The van der Waals surface area contributed by atoms with Crippen LogP contribution < -0.4 is 5.32 Å². The third kappa shape index (κ3) is 3.84. The lowest BCUT2D eigenvalue weighted by Crippen LogP contribution is -2.09. The van der Waals surface area contributed by atoms with Crippen molar-refractivity contribution in [3.63, 3.8) is 0 Å². The Bertz CT molecular complexity index is 977. The van der Waals surface area contributed by atoms with Crippen LogP contribution in [0.15, 0.2) is 67.0 Å². The average Bonchev–Trinajstić information content (AvgIpc) is 3.11. The van der Waals surface area contributed by atoms with Crippen LogP contribution in [0.3, 0.4) is 0 Å². The maximum atomic E-state index is 12.1. The summed E-state index contributed by atoms with van der Waals surface area (Å²) in [6.07, 6.45) is 6.45. The summed E-state index contributed by atoms with van der Waals surface area (Å²) < 4.78 is 1.71. The van der Waals surface area contributed by atoms with Crippen molar-refractivity contribution < 1.29 is 9.72 Å². The summed E-state index contributed by atoms with van der Waals surface area (Å²) in [6, 6.07) is 14.2. The number of nitrogens with zero attached hydrogens (tertiary/aromatic N) is 3. The van der Waals surface area contributed by atoms with E-state index in [0.29, 0.717) is 11.3 Å². The number of aromatic nitrogens is 2. The van der Waals surface area contributed by atoms with Crippen LogP contribution >= 0.6 is 0 Å². The van der Waals surface area contributed by atoms with Gasteiger partial charge in [0.2, 0.25) is 5.91 Å². The molecule has 0 unspecified atom stereocenters. The number of nitrogens with one attached hydrogen (secondary N) is 1. The van der Waals surface area contributed by atoms with Gasteiger partial charge in [-0.1, -0.05) is 24.3 Å². The number of hydrogen-bond donors (Lipinski definition) is 1. The number of benzene rings is 2. The zero-order valence-electron chi connectivity index (χ0n) is 14.0. The molecule has 1 heterocycles. The standard InChI is InChI=1S/C19H16N4O3/c1-14-17(8-5-9-18(14)23(25)26)21-19(24)11-10-15-12-20-22(13-15)16-6-3-2-4-7-16/h2-13H,1H3,(H,21,24)/b11-10+. The normalized spacial score (nSPS) is 10.8. The molecular weight excluding hydrogens is 332 g/mol. The largest absolute Gasteiger partial charge is 0.322 e. The van der Waals surface area contributed by atoms with E-state index >= 15 is 0 Å². The number of carbonyl (C=O) groups is 1. The molecule has 1 aromatic heterocycles. The first-order valence-electron chi connectivity index (χ1n) is 7.88. The van der Waals surface area contributed by atoms with Crippen LogP contribution in [0, 0.1) is 17.0 Å². The second-order valence-corrected chi connectivity index (χ2v) is 5.58. The zero-order valence-corrected chi connectivity index (χ0v) is 14.0. The van der Waals surface area contributed by atoms with Gasteiger partial charge in [0.15, 0.2) is 0 Å². The minimum Gasteiger partial charge on any atom is -0.322 e. The van der Waals surface area contributed by atoms with E-state index in [1.54, 1.807) is 36.1 Å². The second kappa shape index (κ2) is 7.43. The van der Waals surface area contributed by atoms with Crippen molar-refractivity contribution in [2.45, 2.75) is 6.92 Å². The Morgan fingerprint density at radius 3 is 2.69 bits per heavy atom. The highest BCUT2D eigenvalue weighted by molar-refractivity contribution is 6.02. The van der Waals surface area contributed by atoms with E-state index in [4.69, 9.17) is 0 Å². The third-order valence-electron chi connectivity index (χ3n) is 3.81. The summed E-state index contributed by atoms with van der Waals surface area (Å²) in [5.41, 5.74) is 2.48. The van der Waals surface area contributed by atoms with E-state index in [9.17, 15) is 14.9 Å². The van der Waals surface area contributed by atoms with Crippen LogP contribution in [0.1, 0.15) is 11.1 Å². The fourth-order valence-electron chi connectivity index (χ4n) is 2.45. The number of carbonyl (C=O) groups excluding carboxylic acids is 1. The van der Waals surface area contributed by atoms with Crippen molar-refractivity contribution in [1.29, 1.82) is 0 Å². The predicted octanol–water partition coefficient (Wildman–Crippen LogP) is 3.74. The van der Waals surface area contributed by atoms with Gasteiger partial charge in [-0.05, 0) is 31.2 Å². The fourth-order valence-corrected chi connectivity index (χ4v) is 2.45. The Morgan fingerprint density at radius 1 is 1.19 bits per heavy atom. The maximum Gasteiger partial charge on any atom is 0.274 e. The number of nitro benzene ring substituents is 1. The van der Waals surface area contributed by atoms with Gasteiger partial charge in [-0.3, -0.25) is 14.9 Å². The van der Waals surface area contributed by atoms with Crippen molar-refractivity contribution in [1.82, 2.24) is 9.78 Å². The highest BCUT2D eigenvalue weighted by Crippen LogP contribution is 2.25. The van der Waals surface area contributed by atoms with Crippen molar-refractivity contribution in [3.05, 3.63) is 88.2 Å². The van der Waals surface area contributed by atoms with Crippen LogP contribution in [0.4, 0.5) is 11.4 Å². The minimum absolute atomic E-state index is 0.0316. The number of amides is 1. The minimum atomic E-state index is -0.473. The van der Waals surface area contributed by atoms with Crippen LogP contribution in [-0.4, -0.2) is 20.6 Å². The highest BCUT2D eigenvalue weighted by atomic mass is 16.6. The molecule has 1 amide bonds. The van der Waals surface area contributed by atoms with Crippen molar-refractivity contribution in [2.24, 2.45) is 0 Å². The van der Waals surface area contributed by atoms with Gasteiger partial charge in [0.1, 0.15) is 0 Å². The van der Waals surface area contributed by atoms with Gasteiger partial charge < -0.3 is 5.32 Å². The topological polar surface area (TPSA) is 90.1 Å². The Balaban J connectivity index is 1.70. The molecule has 7 nitrogen and oxygen atoms in total. The van der Waals surface area contributed by atoms with Crippen LogP contribution in [-0.2, 0) is 4.79 Å². The summed E-state index contributed by atoms with van der Waals surface area (Å²) in [5, 5.41) is 17.9. The lowest BCUT2D eigenvalue weighted by molar-refractivity contribution is -0.385. The van der Waals surface area contributed by atoms with Gasteiger partial charge in [-0.25, -0.2) is 4.68 Å². The highest BCUT2D eigenvalue weighted by Gasteiger charge is 2.13. The second-order valence-electron chi connectivity index (χ2n) is 5.58. The molecule has 0 spiro atoms. The summed E-state index contributed by atoms with van der Waals surface area (Å²) in [7, 11) is 0. The Hall–Kier alpha value is -3.74. The van der Waals surface area contributed by atoms with Crippen molar-refractivity contribution >= 4 is 23.4 Å². The molecule has 7 heteroatoms. The number of hydrogen-bond acceptors (Lipinski definition) is 4. The van der Waals surface area contributed by atoms with E-state index < -0.39 is 4.92 Å². The summed E-state index contributed by atoms with van der Waals surface area (Å²) in [4.78, 5) is 22.6. The van der Waals surface area contributed by atoms with Crippen LogP contribution in [0.2, 0.25) is 0 Å². The number of para-hydroxylation sites is 1. The third-order valence-corrected chi connectivity index (χ3v) is 3.81. The fraction of sp³-hybridized carbons (Fsp3) is 0.0526. The van der Waals surface area contributed by atoms with E-state index in [1.807, 2.05) is 30.3 Å². The molecule has 0 radical (unpaired) electrons. The smallest absolute Gasteiger partial charge is 0.274 e. The SMILES string of the molecule is Cc1c(NC(=O)/C=C/c2cnn(-c3ccccc3)c2)cccc1[N+](=O)[O-]. The van der Waals surface area contributed by atoms with Gasteiger partial charge in [0.05, 0.1) is 28.1 Å². The molecule has 0 atom stereocenters. The quantitative estimate of drug-likeness (QED) is 0.432. The van der Waals surface area contributed by atoms with Crippen LogP contribution in [0.25, 0.3) is 11.8 Å². The Labute approximate surface area is 149 Å². The average molecular weight is 348 g/mol. The molecule has 3 aromatic rings. The van der Waals surface area contributed by atoms with Gasteiger partial charge >= 0.3 is 0 Å². The Kier molecular flexibility index (Phi) is 4.89. The number of anilines is 1. The summed E-state index contributed by atoms with van der Waals surface area (Å²) >= 11 is 0. The molecule has 130 valence electrons. The lowest BCUT2D eigenvalue weighted by atomic mass is 10.1. The molecule has 2 aromatic carbocycles. The molecule has 0 aliphatic heterocycles. The van der Waals surface area contributed by atoms with Gasteiger partial charge in [0.25, 0.3) is 5.69 Å². The van der Waals surface area contributed by atoms with Crippen LogP contribution in [0.5, 0.6) is 0 Å². The molecule has 26 heavy (non-hydrogen) atoms.